The van der Waals surface area contributed by atoms with Crippen molar-refractivity contribution in [2.24, 2.45) is 0 Å². The van der Waals surface area contributed by atoms with Gasteiger partial charge in [-0.05, 0) is 13.8 Å². The van der Waals surface area contributed by atoms with Gasteiger partial charge < -0.3 is 9.47 Å². The third kappa shape index (κ3) is 3.35. The Morgan fingerprint density at radius 1 is 1.20 bits per heavy atom. The number of hydrogen-bond donors (Lipinski definition) is 0. The van der Waals surface area contributed by atoms with Crippen molar-refractivity contribution >= 4 is 5.97 Å². The van der Waals surface area contributed by atoms with E-state index in [2.05, 4.69) is 15.1 Å². The second kappa shape index (κ2) is 7.12. The van der Waals surface area contributed by atoms with Gasteiger partial charge in [0.15, 0.2) is 11.6 Å². The van der Waals surface area contributed by atoms with Gasteiger partial charge in [0, 0.05) is 11.6 Å². The van der Waals surface area contributed by atoms with Crippen LogP contribution in [0.4, 0.5) is 0 Å². The molecule has 25 heavy (non-hydrogen) atoms. The molecule has 0 spiro atoms. The van der Waals surface area contributed by atoms with Crippen LogP contribution >= 0.6 is 0 Å². The summed E-state index contributed by atoms with van der Waals surface area (Å²) in [5, 5.41) is 4.26. The van der Waals surface area contributed by atoms with Crippen LogP contribution in [0.1, 0.15) is 23.0 Å². The Morgan fingerprint density at radius 2 is 1.96 bits per heavy atom. The van der Waals surface area contributed by atoms with Gasteiger partial charge in [0.25, 0.3) is 0 Å². The van der Waals surface area contributed by atoms with E-state index >= 15 is 0 Å². The minimum absolute atomic E-state index is 0.389. The first-order chi connectivity index (χ1) is 12.1. The summed E-state index contributed by atoms with van der Waals surface area (Å²) in [5.41, 5.74) is 1.88. The van der Waals surface area contributed by atoms with E-state index in [1.807, 2.05) is 37.3 Å². The van der Waals surface area contributed by atoms with E-state index in [-0.39, 0.29) is 0 Å². The zero-order valence-electron chi connectivity index (χ0n) is 14.3. The molecule has 2 aromatic heterocycles. The van der Waals surface area contributed by atoms with E-state index in [0.717, 1.165) is 5.56 Å². The molecule has 7 heteroatoms. The Kier molecular flexibility index (Phi) is 4.74. The van der Waals surface area contributed by atoms with Crippen molar-refractivity contribution in [2.75, 3.05) is 13.7 Å². The number of carbonyl (C=O) groups excluding carboxylic acids is 1. The molecule has 0 aliphatic heterocycles. The van der Waals surface area contributed by atoms with Gasteiger partial charge in [-0.25, -0.2) is 14.5 Å². The van der Waals surface area contributed by atoms with Crippen molar-refractivity contribution in [3.05, 3.63) is 53.9 Å². The number of nitrogens with zero attached hydrogens (tertiary/aromatic N) is 4. The first kappa shape index (κ1) is 16.6. The number of rotatable bonds is 5. The Bertz CT molecular complexity index is 891. The van der Waals surface area contributed by atoms with Crippen molar-refractivity contribution < 1.29 is 14.3 Å². The van der Waals surface area contributed by atoms with Crippen LogP contribution in [-0.2, 0) is 4.74 Å². The second-order valence-electron chi connectivity index (χ2n) is 5.23. The summed E-state index contributed by atoms with van der Waals surface area (Å²) in [6.07, 6.45) is 1.46. The molecule has 0 aliphatic rings. The van der Waals surface area contributed by atoms with Gasteiger partial charge in [0.1, 0.15) is 5.56 Å². The quantitative estimate of drug-likeness (QED) is 0.666. The van der Waals surface area contributed by atoms with E-state index in [9.17, 15) is 4.79 Å². The van der Waals surface area contributed by atoms with Gasteiger partial charge >= 0.3 is 5.97 Å². The molecule has 0 saturated heterocycles. The van der Waals surface area contributed by atoms with Crippen molar-refractivity contribution in [1.82, 2.24) is 19.7 Å². The van der Waals surface area contributed by atoms with Crippen molar-refractivity contribution in [3.63, 3.8) is 0 Å². The number of esters is 1. The van der Waals surface area contributed by atoms with Gasteiger partial charge in [-0.15, -0.1) is 0 Å². The predicted octanol–water partition coefficient (Wildman–Crippen LogP) is 2.82. The average Bonchev–Trinajstić information content (AvgIpc) is 3.03. The Hall–Kier alpha value is -3.22. The van der Waals surface area contributed by atoms with Crippen LogP contribution in [0, 0.1) is 6.92 Å². The van der Waals surface area contributed by atoms with Gasteiger partial charge in [-0.2, -0.15) is 10.1 Å². The lowest BCUT2D eigenvalue weighted by Crippen LogP contribution is -2.08. The van der Waals surface area contributed by atoms with E-state index in [4.69, 9.17) is 9.47 Å². The molecular formula is C18H18N4O3. The number of ether oxygens (including phenoxy) is 2. The summed E-state index contributed by atoms with van der Waals surface area (Å²) < 4.78 is 11.9. The molecule has 3 aromatic rings. The molecule has 0 fully saturated rings. The summed E-state index contributed by atoms with van der Waals surface area (Å²) >= 11 is 0. The fourth-order valence-electron chi connectivity index (χ4n) is 2.41. The standard InChI is InChI=1S/C18H18N4O3/c1-4-25-16-10-15(20-17(21-16)13-8-6-5-7-9-13)22-12(2)14(11-19-22)18(23)24-3/h5-11H,4H2,1-3H3. The molecule has 3 rings (SSSR count). The minimum atomic E-state index is -0.439. The number of carbonyl (C=O) groups is 1. The molecule has 0 radical (unpaired) electrons. The van der Waals surface area contributed by atoms with E-state index in [0.29, 0.717) is 35.4 Å². The van der Waals surface area contributed by atoms with Gasteiger partial charge in [-0.3, -0.25) is 0 Å². The van der Waals surface area contributed by atoms with E-state index in [1.54, 1.807) is 17.7 Å². The Balaban J connectivity index is 2.11. The fraction of sp³-hybridized carbons (Fsp3) is 0.222. The van der Waals surface area contributed by atoms with Crippen molar-refractivity contribution in [3.8, 4) is 23.1 Å². The number of aromatic nitrogens is 4. The third-order valence-electron chi connectivity index (χ3n) is 3.65. The van der Waals surface area contributed by atoms with Gasteiger partial charge in [0.05, 0.1) is 25.6 Å². The van der Waals surface area contributed by atoms with E-state index in [1.165, 1.54) is 13.3 Å². The molecule has 7 nitrogen and oxygen atoms in total. The zero-order valence-corrected chi connectivity index (χ0v) is 14.3. The highest BCUT2D eigenvalue weighted by Gasteiger charge is 2.17. The van der Waals surface area contributed by atoms with E-state index < -0.39 is 5.97 Å². The third-order valence-corrected chi connectivity index (χ3v) is 3.65. The molecule has 0 N–H and O–H groups in total. The monoisotopic (exact) mass is 338 g/mol. The zero-order chi connectivity index (χ0) is 17.8. The Morgan fingerprint density at radius 3 is 2.64 bits per heavy atom. The largest absolute Gasteiger partial charge is 0.478 e. The molecule has 0 amide bonds. The minimum Gasteiger partial charge on any atom is -0.478 e. The lowest BCUT2D eigenvalue weighted by molar-refractivity contribution is 0.0600. The highest BCUT2D eigenvalue weighted by Crippen LogP contribution is 2.22. The number of benzene rings is 1. The molecule has 2 heterocycles. The topological polar surface area (TPSA) is 79.1 Å². The number of methoxy groups -OCH3 is 1. The smallest absolute Gasteiger partial charge is 0.341 e. The van der Waals surface area contributed by atoms with Crippen molar-refractivity contribution in [1.29, 1.82) is 0 Å². The highest BCUT2D eigenvalue weighted by atomic mass is 16.5. The van der Waals surface area contributed by atoms with Crippen LogP contribution in [0.3, 0.4) is 0 Å². The molecule has 1 aromatic carbocycles. The molecule has 128 valence electrons. The molecule has 0 unspecified atom stereocenters. The lowest BCUT2D eigenvalue weighted by atomic mass is 10.2. The summed E-state index contributed by atoms with van der Waals surface area (Å²) in [5.74, 6) is 1.05. The van der Waals surface area contributed by atoms with Crippen LogP contribution < -0.4 is 4.74 Å². The highest BCUT2D eigenvalue weighted by molar-refractivity contribution is 5.90. The molecule has 0 saturated carbocycles. The van der Waals surface area contributed by atoms with Gasteiger partial charge in [-0.1, -0.05) is 30.3 Å². The van der Waals surface area contributed by atoms with Crippen LogP contribution in [-0.4, -0.2) is 39.4 Å². The SMILES string of the molecule is CCOc1cc(-n2ncc(C(=O)OC)c2C)nc(-c2ccccc2)n1. The maximum Gasteiger partial charge on any atom is 0.341 e. The summed E-state index contributed by atoms with van der Waals surface area (Å²) in [7, 11) is 1.34. The molecule has 0 bridgehead atoms. The van der Waals surface area contributed by atoms with Gasteiger partial charge in [0.2, 0.25) is 5.88 Å². The summed E-state index contributed by atoms with van der Waals surface area (Å²) in [6, 6.07) is 11.3. The lowest BCUT2D eigenvalue weighted by Gasteiger charge is -2.10. The summed E-state index contributed by atoms with van der Waals surface area (Å²) in [6.45, 7) is 4.15. The normalized spacial score (nSPS) is 10.5. The maximum atomic E-state index is 11.8. The second-order valence-corrected chi connectivity index (χ2v) is 5.23. The van der Waals surface area contributed by atoms with Crippen LogP contribution in [0.15, 0.2) is 42.6 Å². The first-order valence-electron chi connectivity index (χ1n) is 7.84. The first-order valence-corrected chi connectivity index (χ1v) is 7.84. The maximum absolute atomic E-state index is 11.8. The summed E-state index contributed by atoms with van der Waals surface area (Å²) in [4.78, 5) is 20.8. The average molecular weight is 338 g/mol. The number of hydrogen-bond acceptors (Lipinski definition) is 6. The van der Waals surface area contributed by atoms with Crippen LogP contribution in [0.2, 0.25) is 0 Å². The molecule has 0 aliphatic carbocycles. The predicted molar refractivity (Wildman–Crippen MR) is 91.8 cm³/mol. The molecule has 0 atom stereocenters. The van der Waals surface area contributed by atoms with Crippen LogP contribution in [0.25, 0.3) is 17.2 Å². The fourth-order valence-corrected chi connectivity index (χ4v) is 2.41. The van der Waals surface area contributed by atoms with Crippen molar-refractivity contribution in [2.45, 2.75) is 13.8 Å². The Labute approximate surface area is 145 Å². The molecular weight excluding hydrogens is 320 g/mol. The van der Waals surface area contributed by atoms with Crippen LogP contribution in [0.5, 0.6) is 5.88 Å².